The van der Waals surface area contributed by atoms with Gasteiger partial charge in [0.15, 0.2) is 0 Å². The molecule has 4 heteroatoms. The molecule has 1 heterocycles. The third-order valence-electron chi connectivity index (χ3n) is 5.29. The number of amides is 2. The summed E-state index contributed by atoms with van der Waals surface area (Å²) in [5.74, 6) is 0.00964. The predicted octanol–water partition coefficient (Wildman–Crippen LogP) is 3.53. The number of carbonyl (C=O) groups excluding carboxylic acids is 2. The lowest BCUT2D eigenvalue weighted by Gasteiger charge is -2.28. The predicted molar refractivity (Wildman–Crippen MR) is 99.8 cm³/mol. The number of hydrogen-bond donors (Lipinski definition) is 1. The molecule has 0 spiro atoms. The number of carbonyl (C=O) groups is 2. The van der Waals surface area contributed by atoms with Crippen LogP contribution in [0.2, 0.25) is 0 Å². The number of rotatable bonds is 4. The third-order valence-corrected chi connectivity index (χ3v) is 5.29. The minimum atomic E-state index is -0.312. The van der Waals surface area contributed by atoms with Crippen LogP contribution >= 0.6 is 0 Å². The van der Waals surface area contributed by atoms with Gasteiger partial charge in [0.1, 0.15) is 6.04 Å². The molecule has 0 radical (unpaired) electrons. The molecule has 0 bridgehead atoms. The molecule has 1 N–H and O–H groups in total. The van der Waals surface area contributed by atoms with Crippen molar-refractivity contribution in [2.45, 2.75) is 64.0 Å². The molecule has 0 unspecified atom stereocenters. The van der Waals surface area contributed by atoms with E-state index >= 15 is 0 Å². The third kappa shape index (κ3) is 4.50. The van der Waals surface area contributed by atoms with Gasteiger partial charge in [0.2, 0.25) is 11.8 Å². The first-order valence-electron chi connectivity index (χ1n) is 9.50. The number of nitrogens with zero attached hydrogens (tertiary/aromatic N) is 1. The van der Waals surface area contributed by atoms with Crippen LogP contribution in [0.25, 0.3) is 6.08 Å². The molecule has 2 aliphatic rings. The van der Waals surface area contributed by atoms with Gasteiger partial charge in [-0.15, -0.1) is 0 Å². The van der Waals surface area contributed by atoms with Gasteiger partial charge in [0, 0.05) is 18.2 Å². The van der Waals surface area contributed by atoms with Crippen LogP contribution < -0.4 is 5.32 Å². The maximum absolute atomic E-state index is 12.8. The van der Waals surface area contributed by atoms with Gasteiger partial charge in [-0.25, -0.2) is 0 Å². The molecule has 4 nitrogen and oxygen atoms in total. The van der Waals surface area contributed by atoms with Crippen molar-refractivity contribution in [3.05, 3.63) is 41.5 Å². The van der Waals surface area contributed by atoms with E-state index in [0.29, 0.717) is 18.2 Å². The van der Waals surface area contributed by atoms with E-state index in [-0.39, 0.29) is 17.9 Å². The van der Waals surface area contributed by atoms with Crippen LogP contribution in [0.1, 0.15) is 57.4 Å². The van der Waals surface area contributed by atoms with Crippen LogP contribution in [0, 0.1) is 0 Å². The summed E-state index contributed by atoms with van der Waals surface area (Å²) in [6.45, 7) is 2.51. The highest BCUT2D eigenvalue weighted by molar-refractivity contribution is 6.00. The SMILES string of the molecule is C/C(=C\c1ccccc1)C(=O)N1CCC[C@H]1C(=O)NC1CCCCC1. The Morgan fingerprint density at radius 3 is 2.48 bits per heavy atom. The Morgan fingerprint density at radius 1 is 1.04 bits per heavy atom. The Bertz CT molecular complexity index is 633. The van der Waals surface area contributed by atoms with Crippen LogP contribution in [0.15, 0.2) is 35.9 Å². The second kappa shape index (κ2) is 8.32. The van der Waals surface area contributed by atoms with Gasteiger partial charge in [-0.05, 0) is 44.2 Å². The lowest BCUT2D eigenvalue weighted by atomic mass is 9.95. The van der Waals surface area contributed by atoms with Crippen molar-refractivity contribution in [2.75, 3.05) is 6.54 Å². The average Bonchev–Trinajstić information content (AvgIpc) is 3.12. The van der Waals surface area contributed by atoms with Crippen molar-refractivity contribution in [1.82, 2.24) is 10.2 Å². The molecular weight excluding hydrogens is 312 g/mol. The van der Waals surface area contributed by atoms with E-state index in [1.54, 1.807) is 4.90 Å². The summed E-state index contributed by atoms with van der Waals surface area (Å²) in [6, 6.07) is 9.82. The van der Waals surface area contributed by atoms with Crippen molar-refractivity contribution < 1.29 is 9.59 Å². The zero-order valence-electron chi connectivity index (χ0n) is 15.0. The average molecular weight is 340 g/mol. The highest BCUT2D eigenvalue weighted by Crippen LogP contribution is 2.23. The Kier molecular flexibility index (Phi) is 5.90. The quantitative estimate of drug-likeness (QED) is 0.853. The van der Waals surface area contributed by atoms with Gasteiger partial charge in [0.05, 0.1) is 0 Å². The molecular formula is C21H28N2O2. The molecule has 1 saturated carbocycles. The Labute approximate surface area is 150 Å². The van der Waals surface area contributed by atoms with E-state index in [1.165, 1.54) is 19.3 Å². The second-order valence-corrected chi connectivity index (χ2v) is 7.24. The van der Waals surface area contributed by atoms with Crippen molar-refractivity contribution in [3.8, 4) is 0 Å². The lowest BCUT2D eigenvalue weighted by Crippen LogP contribution is -2.49. The zero-order chi connectivity index (χ0) is 17.6. The number of likely N-dealkylation sites (tertiary alicyclic amines) is 1. The number of benzene rings is 1. The Hall–Kier alpha value is -2.10. The summed E-state index contributed by atoms with van der Waals surface area (Å²) in [4.78, 5) is 27.3. The first-order valence-corrected chi connectivity index (χ1v) is 9.50. The van der Waals surface area contributed by atoms with Gasteiger partial charge in [0.25, 0.3) is 0 Å². The summed E-state index contributed by atoms with van der Waals surface area (Å²) in [6.07, 6.45) is 9.35. The maximum Gasteiger partial charge on any atom is 0.250 e. The number of hydrogen-bond acceptors (Lipinski definition) is 2. The molecule has 1 aliphatic heterocycles. The minimum absolute atomic E-state index is 0.0230. The molecule has 25 heavy (non-hydrogen) atoms. The van der Waals surface area contributed by atoms with Gasteiger partial charge in [-0.2, -0.15) is 0 Å². The van der Waals surface area contributed by atoms with Crippen LogP contribution in [-0.4, -0.2) is 35.3 Å². The highest BCUT2D eigenvalue weighted by atomic mass is 16.2. The fourth-order valence-corrected chi connectivity index (χ4v) is 3.91. The maximum atomic E-state index is 12.8. The topological polar surface area (TPSA) is 49.4 Å². The second-order valence-electron chi connectivity index (χ2n) is 7.24. The Balaban J connectivity index is 1.64. The van der Waals surface area contributed by atoms with Crippen LogP contribution in [0.3, 0.4) is 0 Å². The first kappa shape index (κ1) is 17.7. The molecule has 1 atom stereocenters. The summed E-state index contributed by atoms with van der Waals surface area (Å²) in [5, 5.41) is 3.18. The van der Waals surface area contributed by atoms with Crippen molar-refractivity contribution >= 4 is 17.9 Å². The lowest BCUT2D eigenvalue weighted by molar-refractivity contribution is -0.136. The molecule has 1 aliphatic carbocycles. The molecule has 0 aromatic heterocycles. The van der Waals surface area contributed by atoms with Crippen LogP contribution in [0.5, 0.6) is 0 Å². The molecule has 2 amide bonds. The zero-order valence-corrected chi connectivity index (χ0v) is 15.0. The summed E-state index contributed by atoms with van der Waals surface area (Å²) in [5.41, 5.74) is 1.69. The standard InChI is InChI=1S/C21H28N2O2/c1-16(15-17-9-4-2-5-10-17)21(25)23-14-8-13-19(23)20(24)22-18-11-6-3-7-12-18/h2,4-5,9-10,15,18-19H,3,6-8,11-14H2,1H3,(H,22,24)/b16-15+/t19-/m0/s1. The number of nitrogens with one attached hydrogen (secondary N) is 1. The molecule has 3 rings (SSSR count). The minimum Gasteiger partial charge on any atom is -0.352 e. The largest absolute Gasteiger partial charge is 0.352 e. The summed E-state index contributed by atoms with van der Waals surface area (Å²) >= 11 is 0. The molecule has 1 aromatic carbocycles. The van der Waals surface area contributed by atoms with E-state index in [9.17, 15) is 9.59 Å². The van der Waals surface area contributed by atoms with Crippen molar-refractivity contribution in [2.24, 2.45) is 0 Å². The van der Waals surface area contributed by atoms with E-state index in [4.69, 9.17) is 0 Å². The van der Waals surface area contributed by atoms with Gasteiger partial charge < -0.3 is 10.2 Å². The Morgan fingerprint density at radius 2 is 1.76 bits per heavy atom. The van der Waals surface area contributed by atoms with Gasteiger partial charge >= 0.3 is 0 Å². The van der Waals surface area contributed by atoms with E-state index in [1.807, 2.05) is 43.3 Å². The molecule has 2 fully saturated rings. The summed E-state index contributed by atoms with van der Waals surface area (Å²) < 4.78 is 0. The molecule has 1 aromatic rings. The van der Waals surface area contributed by atoms with E-state index in [2.05, 4.69) is 5.32 Å². The highest BCUT2D eigenvalue weighted by Gasteiger charge is 2.35. The molecule has 134 valence electrons. The van der Waals surface area contributed by atoms with Gasteiger partial charge in [-0.1, -0.05) is 49.6 Å². The fraction of sp³-hybridized carbons (Fsp3) is 0.524. The normalized spacial score (nSPS) is 22.0. The fourth-order valence-electron chi connectivity index (χ4n) is 3.91. The monoisotopic (exact) mass is 340 g/mol. The summed E-state index contributed by atoms with van der Waals surface area (Å²) in [7, 11) is 0. The molecule has 1 saturated heterocycles. The van der Waals surface area contributed by atoms with Crippen molar-refractivity contribution in [3.63, 3.8) is 0 Å². The van der Waals surface area contributed by atoms with E-state index < -0.39 is 0 Å². The van der Waals surface area contributed by atoms with Crippen LogP contribution in [-0.2, 0) is 9.59 Å². The first-order chi connectivity index (χ1) is 12.1. The smallest absolute Gasteiger partial charge is 0.250 e. The van der Waals surface area contributed by atoms with Crippen molar-refractivity contribution in [1.29, 1.82) is 0 Å². The van der Waals surface area contributed by atoms with E-state index in [0.717, 1.165) is 31.2 Å². The van der Waals surface area contributed by atoms with Crippen LogP contribution in [0.4, 0.5) is 0 Å². The van der Waals surface area contributed by atoms with Gasteiger partial charge in [-0.3, -0.25) is 9.59 Å².